The first-order valence-electron chi connectivity index (χ1n) is 11.4. The van der Waals surface area contributed by atoms with Gasteiger partial charge in [0.1, 0.15) is 11.6 Å². The van der Waals surface area contributed by atoms with E-state index >= 15 is 0 Å². The van der Waals surface area contributed by atoms with Gasteiger partial charge in [0.05, 0.1) is 29.1 Å². The Labute approximate surface area is 207 Å². The highest BCUT2D eigenvalue weighted by atomic mass is 19.4. The number of nitrogens with zero attached hydrogens (tertiary/aromatic N) is 4. The summed E-state index contributed by atoms with van der Waals surface area (Å²) in [5.74, 6) is -2.59. The minimum Gasteiger partial charge on any atom is -0.478 e. The molecule has 198 valence electrons. The fourth-order valence-corrected chi connectivity index (χ4v) is 4.46. The highest BCUT2D eigenvalue weighted by Crippen LogP contribution is 2.29. The lowest BCUT2D eigenvalue weighted by molar-refractivity contribution is -0.146. The van der Waals surface area contributed by atoms with E-state index < -0.39 is 41.9 Å². The Morgan fingerprint density at radius 2 is 1.78 bits per heavy atom. The molecular formula is C24H24F5N5O3. The molecule has 0 saturated carbocycles. The number of aromatic carboxylic acids is 1. The Hall–Kier alpha value is -3.74. The van der Waals surface area contributed by atoms with Crippen LogP contribution in [0.25, 0.3) is 10.9 Å². The molecule has 1 aromatic heterocycles. The van der Waals surface area contributed by atoms with Crippen molar-refractivity contribution < 1.29 is 31.9 Å². The molecule has 0 radical (unpaired) electrons. The normalized spacial score (nSPS) is 15.7. The lowest BCUT2D eigenvalue weighted by atomic mass is 10.0. The minimum atomic E-state index is -4.32. The van der Waals surface area contributed by atoms with Crippen molar-refractivity contribution in [3.63, 3.8) is 0 Å². The Morgan fingerprint density at radius 3 is 2.41 bits per heavy atom. The van der Waals surface area contributed by atoms with Crippen LogP contribution in [0, 0.1) is 11.6 Å². The van der Waals surface area contributed by atoms with Gasteiger partial charge in [-0.25, -0.2) is 18.6 Å². The molecule has 13 heteroatoms. The molecule has 2 aromatic carbocycles. The predicted octanol–water partition coefficient (Wildman–Crippen LogP) is 3.77. The maximum Gasteiger partial charge on any atom is 0.401 e. The topological polar surface area (TPSA) is 90.7 Å². The lowest BCUT2D eigenvalue weighted by Gasteiger charge is -2.36. The summed E-state index contributed by atoms with van der Waals surface area (Å²) < 4.78 is 67.6. The lowest BCUT2D eigenvalue weighted by Crippen LogP contribution is -2.50. The van der Waals surface area contributed by atoms with E-state index in [0.717, 1.165) is 18.2 Å². The third-order valence-corrected chi connectivity index (χ3v) is 6.26. The summed E-state index contributed by atoms with van der Waals surface area (Å²) in [5, 5.41) is 12.3. The summed E-state index contributed by atoms with van der Waals surface area (Å²) in [6.45, 7) is 1.21. The maximum atomic E-state index is 14.5. The molecule has 1 saturated heterocycles. The second kappa shape index (κ2) is 9.96. The van der Waals surface area contributed by atoms with Gasteiger partial charge in [0.15, 0.2) is 0 Å². The van der Waals surface area contributed by atoms with Crippen LogP contribution in [0.15, 0.2) is 35.1 Å². The third-order valence-electron chi connectivity index (χ3n) is 6.26. The smallest absolute Gasteiger partial charge is 0.401 e. The molecule has 8 nitrogen and oxygen atoms in total. The average molecular weight is 525 g/mol. The molecule has 3 aromatic rings. The highest BCUT2D eigenvalue weighted by Gasteiger charge is 2.33. The maximum absolute atomic E-state index is 14.5. The zero-order valence-corrected chi connectivity index (χ0v) is 19.9. The molecule has 0 bridgehead atoms. The van der Waals surface area contributed by atoms with Gasteiger partial charge in [-0.15, -0.1) is 0 Å². The van der Waals surface area contributed by atoms with E-state index in [1.165, 1.54) is 28.6 Å². The number of alkyl halides is 3. The third kappa shape index (κ3) is 5.66. The second-order valence-electron chi connectivity index (χ2n) is 8.91. The van der Waals surface area contributed by atoms with Gasteiger partial charge < -0.3 is 15.3 Å². The molecule has 4 rings (SSSR count). The van der Waals surface area contributed by atoms with Crippen LogP contribution in [0.3, 0.4) is 0 Å². The van der Waals surface area contributed by atoms with Gasteiger partial charge in [0.2, 0.25) is 5.95 Å². The molecule has 2 N–H and O–H groups in total. The van der Waals surface area contributed by atoms with Crippen LogP contribution in [-0.2, 0) is 7.05 Å². The van der Waals surface area contributed by atoms with Gasteiger partial charge in [-0.2, -0.15) is 13.2 Å². The number of piperazine rings is 1. The number of halogens is 5. The van der Waals surface area contributed by atoms with Crippen molar-refractivity contribution in [3.05, 3.63) is 63.4 Å². The summed E-state index contributed by atoms with van der Waals surface area (Å²) in [7, 11) is 1.45. The van der Waals surface area contributed by atoms with Crippen LogP contribution in [0.1, 0.15) is 28.9 Å². The van der Waals surface area contributed by atoms with Crippen molar-refractivity contribution in [3.8, 4) is 0 Å². The average Bonchev–Trinajstić information content (AvgIpc) is 2.82. The molecule has 0 amide bonds. The number of rotatable bonds is 6. The zero-order valence-electron chi connectivity index (χ0n) is 19.9. The fourth-order valence-electron chi connectivity index (χ4n) is 4.46. The molecule has 1 fully saturated rings. The first-order valence-corrected chi connectivity index (χ1v) is 11.4. The number of nitrogens with one attached hydrogen (secondary N) is 1. The SMILES string of the molecule is CC(Nc1ccc(F)cc1C(=O)O)c1cc(F)cc2c(=O)n(C)c(N3CCN(CC(F)(F)F)CC3)nc12. The first kappa shape index (κ1) is 26.3. The second-order valence-corrected chi connectivity index (χ2v) is 8.91. The number of hydrogen-bond donors (Lipinski definition) is 2. The van der Waals surface area contributed by atoms with E-state index in [9.17, 15) is 36.6 Å². The number of fused-ring (bicyclic) bond motifs is 1. The van der Waals surface area contributed by atoms with Crippen LogP contribution < -0.4 is 15.8 Å². The van der Waals surface area contributed by atoms with E-state index in [1.54, 1.807) is 11.8 Å². The molecule has 1 unspecified atom stereocenters. The molecule has 1 aliphatic rings. The molecule has 37 heavy (non-hydrogen) atoms. The van der Waals surface area contributed by atoms with Gasteiger partial charge in [0, 0.05) is 44.5 Å². The fraction of sp³-hybridized carbons (Fsp3) is 0.375. The molecule has 0 aliphatic carbocycles. The standard InChI is InChI=1S/C24H24F5N5O3/c1-13(30-19-4-3-14(25)9-17(19)22(36)37)16-10-15(26)11-18-20(16)31-23(32(2)21(18)35)34-7-5-33(6-8-34)12-24(27,28)29/h3-4,9-11,13,30H,5-8,12H2,1-2H3,(H,36,37). The predicted molar refractivity (Wildman–Crippen MR) is 127 cm³/mol. The molecule has 2 heterocycles. The molecule has 1 atom stereocenters. The number of carboxylic acids is 1. The summed E-state index contributed by atoms with van der Waals surface area (Å²) in [6, 6.07) is 4.64. The van der Waals surface area contributed by atoms with E-state index in [4.69, 9.17) is 0 Å². The van der Waals surface area contributed by atoms with E-state index in [1.807, 2.05) is 0 Å². The summed E-state index contributed by atoms with van der Waals surface area (Å²) in [6.07, 6.45) is -4.32. The first-order chi connectivity index (χ1) is 17.3. The number of anilines is 2. The van der Waals surface area contributed by atoms with Crippen molar-refractivity contribution in [1.82, 2.24) is 14.5 Å². The summed E-state index contributed by atoms with van der Waals surface area (Å²) in [5.41, 5.74) is -0.363. The van der Waals surface area contributed by atoms with Crippen molar-refractivity contribution in [2.24, 2.45) is 7.05 Å². The molecule has 0 spiro atoms. The van der Waals surface area contributed by atoms with Gasteiger partial charge in [-0.05, 0) is 37.3 Å². The zero-order chi connectivity index (χ0) is 27.1. The largest absolute Gasteiger partial charge is 0.478 e. The van der Waals surface area contributed by atoms with Crippen molar-refractivity contribution in [1.29, 1.82) is 0 Å². The molecule has 1 aliphatic heterocycles. The van der Waals surface area contributed by atoms with E-state index in [2.05, 4.69) is 10.3 Å². The summed E-state index contributed by atoms with van der Waals surface area (Å²) in [4.78, 5) is 32.3. The van der Waals surface area contributed by atoms with Gasteiger partial charge >= 0.3 is 12.1 Å². The van der Waals surface area contributed by atoms with Crippen molar-refractivity contribution >= 4 is 28.5 Å². The van der Waals surface area contributed by atoms with Crippen LogP contribution in [-0.4, -0.2) is 64.4 Å². The van der Waals surface area contributed by atoms with Gasteiger partial charge in [-0.1, -0.05) is 0 Å². The number of benzene rings is 2. The monoisotopic (exact) mass is 525 g/mol. The number of hydrogen-bond acceptors (Lipinski definition) is 6. The Morgan fingerprint density at radius 1 is 1.11 bits per heavy atom. The van der Waals surface area contributed by atoms with Crippen molar-refractivity contribution in [2.45, 2.75) is 19.1 Å². The van der Waals surface area contributed by atoms with Crippen LogP contribution >= 0.6 is 0 Å². The van der Waals surface area contributed by atoms with Crippen LogP contribution in [0.4, 0.5) is 33.6 Å². The minimum absolute atomic E-state index is 0.0110. The van der Waals surface area contributed by atoms with Crippen LogP contribution in [0.2, 0.25) is 0 Å². The van der Waals surface area contributed by atoms with Crippen LogP contribution in [0.5, 0.6) is 0 Å². The quantitative estimate of drug-likeness (QED) is 0.474. The number of aromatic nitrogens is 2. The van der Waals surface area contributed by atoms with Crippen molar-refractivity contribution in [2.75, 3.05) is 42.9 Å². The number of carbonyl (C=O) groups is 1. The van der Waals surface area contributed by atoms with Gasteiger partial charge in [-0.3, -0.25) is 14.3 Å². The molecular weight excluding hydrogens is 501 g/mol. The Balaban J connectivity index is 1.71. The highest BCUT2D eigenvalue weighted by molar-refractivity contribution is 5.94. The Kier molecular flexibility index (Phi) is 7.09. The van der Waals surface area contributed by atoms with E-state index in [0.29, 0.717) is 0 Å². The van der Waals surface area contributed by atoms with Gasteiger partial charge in [0.25, 0.3) is 5.56 Å². The Bertz CT molecular complexity index is 1400. The summed E-state index contributed by atoms with van der Waals surface area (Å²) >= 11 is 0. The number of carboxylic acid groups (broad SMARTS) is 1. The van der Waals surface area contributed by atoms with E-state index in [-0.39, 0.29) is 59.8 Å².